The lowest BCUT2D eigenvalue weighted by Gasteiger charge is -2.08. The van der Waals surface area contributed by atoms with Gasteiger partial charge in [-0.2, -0.15) is 0 Å². The van der Waals surface area contributed by atoms with Gasteiger partial charge in [-0.25, -0.2) is 0 Å². The predicted molar refractivity (Wildman–Crippen MR) is 47.2 cm³/mol. The van der Waals surface area contributed by atoms with Gasteiger partial charge in [-0.1, -0.05) is 12.1 Å². The summed E-state index contributed by atoms with van der Waals surface area (Å²) >= 11 is 0. The Morgan fingerprint density at radius 1 is 1.25 bits per heavy atom. The summed E-state index contributed by atoms with van der Waals surface area (Å²) in [7, 11) is 0. The number of benzene rings is 1. The van der Waals surface area contributed by atoms with Gasteiger partial charge in [0.15, 0.2) is 0 Å². The Balaban J connectivity index is 2.28. The molecule has 0 amide bonds. The van der Waals surface area contributed by atoms with Gasteiger partial charge < -0.3 is 4.74 Å². The van der Waals surface area contributed by atoms with Crippen LogP contribution in [0.15, 0.2) is 12.1 Å². The molecule has 1 aromatic carbocycles. The highest BCUT2D eigenvalue weighted by atomic mass is 16.6. The largest absolute Gasteiger partial charge is 0.364 e. The molecule has 1 heterocycles. The van der Waals surface area contributed by atoms with Crippen molar-refractivity contribution in [1.82, 2.24) is 0 Å². The summed E-state index contributed by atoms with van der Waals surface area (Å²) in [6, 6.07) is 4.43. The smallest absolute Gasteiger partial charge is 0.110 e. The zero-order valence-electron chi connectivity index (χ0n) is 7.42. The minimum Gasteiger partial charge on any atom is -0.364 e. The van der Waals surface area contributed by atoms with E-state index in [4.69, 9.17) is 4.74 Å². The quantitative estimate of drug-likeness (QED) is 0.530. The summed E-state index contributed by atoms with van der Waals surface area (Å²) in [4.78, 5) is 0. The van der Waals surface area contributed by atoms with Crippen molar-refractivity contribution in [2.24, 2.45) is 0 Å². The Hall–Kier alpha value is -0.820. The van der Waals surface area contributed by atoms with Crippen molar-refractivity contribution in [2.75, 3.05) is 0 Å². The summed E-state index contributed by atoms with van der Waals surface area (Å²) in [5.74, 6) is 0. The van der Waals surface area contributed by atoms with Crippen molar-refractivity contribution in [3.63, 3.8) is 0 Å². The minimum atomic E-state index is 0.458. The maximum absolute atomic E-state index is 5.52. The molecule has 0 radical (unpaired) electrons. The van der Waals surface area contributed by atoms with Crippen molar-refractivity contribution in [1.29, 1.82) is 0 Å². The van der Waals surface area contributed by atoms with Gasteiger partial charge >= 0.3 is 0 Å². The van der Waals surface area contributed by atoms with Gasteiger partial charge in [0.05, 0.1) is 6.10 Å². The van der Waals surface area contributed by atoms with E-state index in [1.807, 2.05) is 0 Å². The van der Waals surface area contributed by atoms with E-state index in [0.29, 0.717) is 12.2 Å². The first-order valence-electron chi connectivity index (χ1n) is 4.52. The first kappa shape index (κ1) is 6.67. The van der Waals surface area contributed by atoms with Crippen LogP contribution in [-0.2, 0) is 11.2 Å². The first-order valence-corrected chi connectivity index (χ1v) is 4.52. The average molecular weight is 160 g/mol. The number of epoxide rings is 1. The zero-order valence-corrected chi connectivity index (χ0v) is 7.42. The van der Waals surface area contributed by atoms with Crippen molar-refractivity contribution < 1.29 is 4.74 Å². The third kappa shape index (κ3) is 0.674. The van der Waals surface area contributed by atoms with Gasteiger partial charge in [0.25, 0.3) is 0 Å². The van der Waals surface area contributed by atoms with Crippen molar-refractivity contribution >= 4 is 0 Å². The van der Waals surface area contributed by atoms with Gasteiger partial charge in [-0.3, -0.25) is 0 Å². The Kier molecular flexibility index (Phi) is 1.06. The van der Waals surface area contributed by atoms with Crippen LogP contribution in [0.3, 0.4) is 0 Å². The maximum atomic E-state index is 5.52. The number of aryl methyl sites for hydroxylation is 2. The number of fused-ring (bicyclic) bond motifs is 3. The van der Waals surface area contributed by atoms with E-state index in [1.165, 1.54) is 16.7 Å². The van der Waals surface area contributed by atoms with E-state index in [-0.39, 0.29) is 0 Å². The summed E-state index contributed by atoms with van der Waals surface area (Å²) in [5.41, 5.74) is 5.88. The minimum absolute atomic E-state index is 0.458. The second-order valence-corrected chi connectivity index (χ2v) is 3.89. The zero-order chi connectivity index (χ0) is 8.29. The van der Waals surface area contributed by atoms with Gasteiger partial charge in [-0.15, -0.1) is 0 Å². The van der Waals surface area contributed by atoms with Gasteiger partial charge in [-0.05, 0) is 36.1 Å². The fourth-order valence-electron chi connectivity index (χ4n) is 2.31. The van der Waals surface area contributed by atoms with Crippen LogP contribution in [0.1, 0.15) is 28.4 Å². The van der Waals surface area contributed by atoms with Gasteiger partial charge in [0.1, 0.15) is 6.10 Å². The molecule has 12 heavy (non-hydrogen) atoms. The Morgan fingerprint density at radius 3 is 2.75 bits per heavy atom. The molecule has 1 fully saturated rings. The van der Waals surface area contributed by atoms with Crippen molar-refractivity contribution in [2.45, 2.75) is 32.5 Å². The molecule has 1 nitrogen and oxygen atoms in total. The first-order chi connectivity index (χ1) is 5.77. The van der Waals surface area contributed by atoms with Crippen LogP contribution in [0.4, 0.5) is 0 Å². The predicted octanol–water partition coefficient (Wildman–Crippen LogP) is 2.30. The number of hydrogen-bond donors (Lipinski definition) is 0. The molecule has 1 aliphatic heterocycles. The maximum Gasteiger partial charge on any atom is 0.110 e. The molecule has 1 saturated heterocycles. The third-order valence-corrected chi connectivity index (χ3v) is 3.08. The Labute approximate surface area is 72.4 Å². The van der Waals surface area contributed by atoms with E-state index < -0.39 is 0 Å². The van der Waals surface area contributed by atoms with Crippen molar-refractivity contribution in [3.8, 4) is 0 Å². The number of rotatable bonds is 0. The SMILES string of the molecule is Cc1ccc(C)c2c1CC1OC21. The van der Waals surface area contributed by atoms with E-state index in [2.05, 4.69) is 26.0 Å². The van der Waals surface area contributed by atoms with Crippen LogP contribution in [0.25, 0.3) is 0 Å². The molecule has 0 saturated carbocycles. The summed E-state index contributed by atoms with van der Waals surface area (Å²) < 4.78 is 5.52. The fourth-order valence-corrected chi connectivity index (χ4v) is 2.31. The highest BCUT2D eigenvalue weighted by Crippen LogP contribution is 2.50. The average Bonchev–Trinajstić information content (AvgIpc) is 2.71. The van der Waals surface area contributed by atoms with Crippen LogP contribution in [0, 0.1) is 13.8 Å². The van der Waals surface area contributed by atoms with E-state index >= 15 is 0 Å². The molecule has 1 heteroatoms. The Morgan fingerprint density at radius 2 is 2.00 bits per heavy atom. The number of ether oxygens (including phenoxy) is 1. The third-order valence-electron chi connectivity index (χ3n) is 3.08. The molecular formula is C11H12O. The molecule has 0 bridgehead atoms. The molecule has 2 unspecified atom stereocenters. The molecule has 2 atom stereocenters. The lowest BCUT2D eigenvalue weighted by Crippen LogP contribution is -1.95. The summed E-state index contributed by atoms with van der Waals surface area (Å²) in [5, 5.41) is 0. The molecule has 0 aromatic heterocycles. The topological polar surface area (TPSA) is 12.5 Å². The van der Waals surface area contributed by atoms with Gasteiger partial charge in [0.2, 0.25) is 0 Å². The van der Waals surface area contributed by atoms with Crippen molar-refractivity contribution in [3.05, 3.63) is 34.4 Å². The van der Waals surface area contributed by atoms with E-state index in [9.17, 15) is 0 Å². The molecule has 1 aliphatic carbocycles. The Bertz CT molecular complexity index is 354. The highest BCUT2D eigenvalue weighted by molar-refractivity contribution is 5.48. The lowest BCUT2D eigenvalue weighted by atomic mass is 9.99. The second kappa shape index (κ2) is 1.91. The van der Waals surface area contributed by atoms with Crippen LogP contribution >= 0.6 is 0 Å². The molecule has 2 aliphatic rings. The van der Waals surface area contributed by atoms with Crippen LogP contribution < -0.4 is 0 Å². The van der Waals surface area contributed by atoms with Crippen LogP contribution in [-0.4, -0.2) is 6.10 Å². The summed E-state index contributed by atoms with van der Waals surface area (Å²) in [6.45, 7) is 4.38. The molecule has 0 spiro atoms. The monoisotopic (exact) mass is 160 g/mol. The molecule has 0 N–H and O–H groups in total. The van der Waals surface area contributed by atoms with Crippen LogP contribution in [0.2, 0.25) is 0 Å². The lowest BCUT2D eigenvalue weighted by molar-refractivity contribution is 0.360. The second-order valence-electron chi connectivity index (χ2n) is 3.89. The van der Waals surface area contributed by atoms with E-state index in [1.54, 1.807) is 5.56 Å². The normalized spacial score (nSPS) is 29.8. The molecule has 3 rings (SSSR count). The fraction of sp³-hybridized carbons (Fsp3) is 0.455. The standard InChI is InChI=1S/C11H12O/c1-6-3-4-7(2)10-8(6)5-9-11(10)12-9/h3-4,9,11H,5H2,1-2H3. The highest BCUT2D eigenvalue weighted by Gasteiger charge is 2.48. The molecule has 1 aromatic rings. The van der Waals surface area contributed by atoms with Crippen LogP contribution in [0.5, 0.6) is 0 Å². The molecule has 62 valence electrons. The number of hydrogen-bond acceptors (Lipinski definition) is 1. The van der Waals surface area contributed by atoms with E-state index in [0.717, 1.165) is 6.42 Å². The molecular weight excluding hydrogens is 148 g/mol. The van der Waals surface area contributed by atoms with Gasteiger partial charge in [0, 0.05) is 6.42 Å². The summed E-state index contributed by atoms with van der Waals surface area (Å²) in [6.07, 6.45) is 2.13.